The fraction of sp³-hybridized carbons (Fsp3) is 0.357. The monoisotopic (exact) mass is 289 g/mol. The van der Waals surface area contributed by atoms with Gasteiger partial charge in [-0.05, 0) is 31.0 Å². The normalized spacial score (nSPS) is 16.1. The lowest BCUT2D eigenvalue weighted by atomic mass is 10.0. The van der Waals surface area contributed by atoms with E-state index in [4.69, 9.17) is 5.73 Å². The first kappa shape index (κ1) is 13.5. The fourth-order valence-corrected chi connectivity index (χ4v) is 2.55. The van der Waals surface area contributed by atoms with Crippen LogP contribution in [0.25, 0.3) is 0 Å². The summed E-state index contributed by atoms with van der Waals surface area (Å²) in [5, 5.41) is 4.21. The number of anilines is 1. The number of nitrogen functional groups attached to an aromatic ring is 1. The number of piperidine rings is 1. The average molecular weight is 289 g/mol. The molecular weight excluding hydrogens is 273 g/mol. The van der Waals surface area contributed by atoms with Gasteiger partial charge in [-0.25, -0.2) is 9.37 Å². The van der Waals surface area contributed by atoms with Crippen LogP contribution in [0, 0.1) is 5.82 Å². The summed E-state index contributed by atoms with van der Waals surface area (Å²) in [5.41, 5.74) is 5.89. The lowest BCUT2D eigenvalue weighted by Gasteiger charge is -2.31. The number of likely N-dealkylation sites (tertiary alicyclic amines) is 1. The number of carbonyl (C=O) groups excluding carboxylic acids is 1. The number of carbonyl (C=O) groups is 1. The van der Waals surface area contributed by atoms with Crippen LogP contribution in [0.3, 0.4) is 0 Å². The Hall–Kier alpha value is -2.44. The van der Waals surface area contributed by atoms with E-state index < -0.39 is 5.82 Å². The topological polar surface area (TPSA) is 77.0 Å². The molecule has 0 spiro atoms. The summed E-state index contributed by atoms with van der Waals surface area (Å²) in [6, 6.07) is 4.68. The number of hydrogen-bond donors (Lipinski definition) is 1. The molecule has 110 valence electrons. The van der Waals surface area contributed by atoms with Crippen molar-refractivity contribution in [1.82, 2.24) is 19.7 Å². The number of rotatable bonds is 2. The maximum Gasteiger partial charge on any atom is 0.272 e. The molecule has 0 saturated carbocycles. The van der Waals surface area contributed by atoms with Crippen LogP contribution < -0.4 is 5.73 Å². The van der Waals surface area contributed by atoms with E-state index in [9.17, 15) is 9.18 Å². The van der Waals surface area contributed by atoms with Gasteiger partial charge in [-0.3, -0.25) is 9.48 Å². The number of nitrogens with two attached hydrogens (primary N) is 1. The maximum absolute atomic E-state index is 12.8. The molecule has 2 aromatic heterocycles. The van der Waals surface area contributed by atoms with Crippen molar-refractivity contribution in [2.75, 3.05) is 18.8 Å². The van der Waals surface area contributed by atoms with Gasteiger partial charge in [0, 0.05) is 19.3 Å². The van der Waals surface area contributed by atoms with E-state index in [1.807, 2.05) is 10.9 Å². The summed E-state index contributed by atoms with van der Waals surface area (Å²) in [6.07, 6.45) is 4.55. The molecule has 1 amide bonds. The molecule has 0 atom stereocenters. The highest BCUT2D eigenvalue weighted by atomic mass is 19.1. The Balaban J connectivity index is 1.63. The average Bonchev–Trinajstić information content (AvgIpc) is 2.94. The summed E-state index contributed by atoms with van der Waals surface area (Å²) in [4.78, 5) is 17.8. The Morgan fingerprint density at radius 3 is 2.62 bits per heavy atom. The van der Waals surface area contributed by atoms with Gasteiger partial charge in [-0.2, -0.15) is 5.10 Å². The molecule has 0 bridgehead atoms. The largest absolute Gasteiger partial charge is 0.382 e. The molecule has 1 fully saturated rings. The van der Waals surface area contributed by atoms with Crippen molar-refractivity contribution in [2.45, 2.75) is 18.9 Å². The Morgan fingerprint density at radius 1 is 1.29 bits per heavy atom. The van der Waals surface area contributed by atoms with Gasteiger partial charge in [0.2, 0.25) is 0 Å². The van der Waals surface area contributed by atoms with Gasteiger partial charge in [0.25, 0.3) is 5.91 Å². The quantitative estimate of drug-likeness (QED) is 0.908. The zero-order valence-electron chi connectivity index (χ0n) is 11.4. The van der Waals surface area contributed by atoms with E-state index in [0.717, 1.165) is 19.0 Å². The van der Waals surface area contributed by atoms with Crippen LogP contribution in [0.4, 0.5) is 10.2 Å². The lowest BCUT2D eigenvalue weighted by molar-refractivity contribution is 0.0684. The zero-order chi connectivity index (χ0) is 14.8. The predicted octanol–water partition coefficient (Wildman–Crippen LogP) is 1.48. The zero-order valence-corrected chi connectivity index (χ0v) is 11.4. The van der Waals surface area contributed by atoms with E-state index in [2.05, 4.69) is 10.1 Å². The van der Waals surface area contributed by atoms with Crippen LogP contribution in [0.5, 0.6) is 0 Å². The first-order valence-electron chi connectivity index (χ1n) is 6.85. The summed E-state index contributed by atoms with van der Waals surface area (Å²) >= 11 is 0. The van der Waals surface area contributed by atoms with Gasteiger partial charge >= 0.3 is 0 Å². The van der Waals surface area contributed by atoms with Crippen molar-refractivity contribution < 1.29 is 9.18 Å². The third kappa shape index (κ3) is 2.86. The van der Waals surface area contributed by atoms with Crippen LogP contribution in [-0.4, -0.2) is 38.7 Å². The molecule has 6 nitrogen and oxygen atoms in total. The Kier molecular flexibility index (Phi) is 3.55. The number of halogens is 1. The smallest absolute Gasteiger partial charge is 0.272 e. The third-order valence-electron chi connectivity index (χ3n) is 3.70. The second kappa shape index (κ2) is 5.51. The molecule has 1 saturated heterocycles. The molecule has 21 heavy (non-hydrogen) atoms. The van der Waals surface area contributed by atoms with Crippen LogP contribution in [-0.2, 0) is 0 Å². The molecular formula is C14H16FN5O. The van der Waals surface area contributed by atoms with Crippen molar-refractivity contribution in [3.63, 3.8) is 0 Å². The predicted molar refractivity (Wildman–Crippen MR) is 75.0 cm³/mol. The van der Waals surface area contributed by atoms with Crippen molar-refractivity contribution in [3.05, 3.63) is 42.1 Å². The van der Waals surface area contributed by atoms with E-state index in [-0.39, 0.29) is 17.6 Å². The molecule has 3 heterocycles. The first-order chi connectivity index (χ1) is 10.1. The first-order valence-corrected chi connectivity index (χ1v) is 6.85. The molecule has 1 aliphatic heterocycles. The third-order valence-corrected chi connectivity index (χ3v) is 3.70. The molecule has 0 aromatic carbocycles. The van der Waals surface area contributed by atoms with Gasteiger partial charge in [0.15, 0.2) is 0 Å². The standard InChI is InChI=1S/C14H16FN5O/c15-10-1-2-12(17-9-10)14(21)19-6-3-11(4-7-19)20-8-5-13(16)18-20/h1-2,5,8-9,11H,3-4,6-7H2,(H2,16,18). The highest BCUT2D eigenvalue weighted by Crippen LogP contribution is 2.23. The van der Waals surface area contributed by atoms with Gasteiger partial charge in [-0.15, -0.1) is 0 Å². The fourth-order valence-electron chi connectivity index (χ4n) is 2.55. The molecule has 7 heteroatoms. The molecule has 2 N–H and O–H groups in total. The van der Waals surface area contributed by atoms with Crippen LogP contribution in [0.2, 0.25) is 0 Å². The summed E-state index contributed by atoms with van der Waals surface area (Å²) < 4.78 is 14.7. The molecule has 0 unspecified atom stereocenters. The lowest BCUT2D eigenvalue weighted by Crippen LogP contribution is -2.39. The minimum atomic E-state index is -0.443. The molecule has 0 aliphatic carbocycles. The molecule has 2 aromatic rings. The maximum atomic E-state index is 12.8. The highest BCUT2D eigenvalue weighted by Gasteiger charge is 2.25. The Labute approximate surface area is 121 Å². The summed E-state index contributed by atoms with van der Waals surface area (Å²) in [7, 11) is 0. The van der Waals surface area contributed by atoms with Crippen molar-refractivity contribution in [3.8, 4) is 0 Å². The highest BCUT2D eigenvalue weighted by molar-refractivity contribution is 5.92. The molecule has 0 radical (unpaired) electrons. The van der Waals surface area contributed by atoms with Gasteiger partial charge in [0.05, 0.1) is 12.2 Å². The minimum Gasteiger partial charge on any atom is -0.382 e. The number of amides is 1. The summed E-state index contributed by atoms with van der Waals surface area (Å²) in [5.74, 6) is -0.0982. The number of hydrogen-bond acceptors (Lipinski definition) is 4. The van der Waals surface area contributed by atoms with Gasteiger partial charge in [-0.1, -0.05) is 0 Å². The number of nitrogens with zero attached hydrogens (tertiary/aromatic N) is 4. The SMILES string of the molecule is Nc1ccn(C2CCN(C(=O)c3ccc(F)cn3)CC2)n1. The summed E-state index contributed by atoms with van der Waals surface area (Å²) in [6.45, 7) is 1.25. The van der Waals surface area contributed by atoms with Gasteiger partial charge in [0.1, 0.15) is 17.3 Å². The van der Waals surface area contributed by atoms with Crippen molar-refractivity contribution in [2.24, 2.45) is 0 Å². The van der Waals surface area contributed by atoms with Gasteiger partial charge < -0.3 is 10.6 Å². The molecule has 3 rings (SSSR count). The van der Waals surface area contributed by atoms with Crippen LogP contribution in [0.1, 0.15) is 29.4 Å². The number of aromatic nitrogens is 3. The Bertz CT molecular complexity index is 631. The van der Waals surface area contributed by atoms with Crippen molar-refractivity contribution >= 4 is 11.7 Å². The Morgan fingerprint density at radius 2 is 2.05 bits per heavy atom. The second-order valence-corrected chi connectivity index (χ2v) is 5.11. The van der Waals surface area contributed by atoms with Crippen LogP contribution in [0.15, 0.2) is 30.6 Å². The minimum absolute atomic E-state index is 0.159. The van der Waals surface area contributed by atoms with Crippen molar-refractivity contribution in [1.29, 1.82) is 0 Å². The second-order valence-electron chi connectivity index (χ2n) is 5.11. The van der Waals surface area contributed by atoms with E-state index in [1.165, 1.54) is 12.1 Å². The molecule has 1 aliphatic rings. The number of pyridine rings is 1. The van der Waals surface area contributed by atoms with Crippen LogP contribution >= 0.6 is 0 Å². The van der Waals surface area contributed by atoms with E-state index >= 15 is 0 Å². The van der Waals surface area contributed by atoms with E-state index in [1.54, 1.807) is 11.0 Å². The van der Waals surface area contributed by atoms with E-state index in [0.29, 0.717) is 18.9 Å².